The summed E-state index contributed by atoms with van der Waals surface area (Å²) >= 11 is 8.95. The molecule has 1 rings (SSSR count). The second kappa shape index (κ2) is 3.36. The van der Waals surface area contributed by atoms with E-state index >= 15 is 0 Å². The molecule has 5 heteroatoms. The normalized spacial score (nSPS) is 10.1. The third kappa shape index (κ3) is 1.62. The number of aldehydes is 1. The van der Waals surface area contributed by atoms with Crippen molar-refractivity contribution in [1.29, 1.82) is 0 Å². The van der Waals surface area contributed by atoms with Crippen molar-refractivity contribution in [3.63, 3.8) is 0 Å². The molecule has 11 heavy (non-hydrogen) atoms. The number of carbonyl (C=O) groups is 1. The van der Waals surface area contributed by atoms with E-state index in [1.807, 2.05) is 6.92 Å². The van der Waals surface area contributed by atoms with Gasteiger partial charge in [0, 0.05) is 0 Å². The standard InChI is InChI=1S/C6H6BrClN2O/c1-4-5(8)6(7)9-10(4)2-3-11/h3H,2H2,1H3. The number of halogens is 2. The smallest absolute Gasteiger partial charge is 0.147 e. The van der Waals surface area contributed by atoms with Crippen LogP contribution >= 0.6 is 27.5 Å². The zero-order valence-electron chi connectivity index (χ0n) is 5.84. The zero-order chi connectivity index (χ0) is 8.43. The number of nitrogens with zero attached hydrogens (tertiary/aromatic N) is 2. The van der Waals surface area contributed by atoms with E-state index in [2.05, 4.69) is 21.0 Å². The van der Waals surface area contributed by atoms with Gasteiger partial charge in [-0.3, -0.25) is 4.68 Å². The molecule has 0 saturated heterocycles. The molecule has 1 heterocycles. The Morgan fingerprint density at radius 3 is 2.82 bits per heavy atom. The first-order valence-electron chi connectivity index (χ1n) is 2.99. The number of hydrogen-bond acceptors (Lipinski definition) is 2. The highest BCUT2D eigenvalue weighted by Gasteiger charge is 2.08. The van der Waals surface area contributed by atoms with Crippen molar-refractivity contribution in [2.24, 2.45) is 0 Å². The quantitative estimate of drug-likeness (QED) is 0.735. The summed E-state index contributed by atoms with van der Waals surface area (Å²) in [6.07, 6.45) is 0.781. The van der Waals surface area contributed by atoms with Gasteiger partial charge in [0.2, 0.25) is 0 Å². The Bertz CT molecular complexity index is 284. The van der Waals surface area contributed by atoms with Crippen molar-refractivity contribution < 1.29 is 4.79 Å². The Kier molecular flexibility index (Phi) is 2.67. The fourth-order valence-corrected chi connectivity index (χ4v) is 1.35. The van der Waals surface area contributed by atoms with Gasteiger partial charge in [0.05, 0.1) is 17.3 Å². The second-order valence-corrected chi connectivity index (χ2v) is 3.17. The van der Waals surface area contributed by atoms with Crippen LogP contribution in [0.15, 0.2) is 4.60 Å². The molecule has 3 nitrogen and oxygen atoms in total. The summed E-state index contributed by atoms with van der Waals surface area (Å²) in [6.45, 7) is 2.06. The van der Waals surface area contributed by atoms with Crippen LogP contribution in [0.5, 0.6) is 0 Å². The first kappa shape index (κ1) is 8.74. The van der Waals surface area contributed by atoms with Crippen molar-refractivity contribution >= 4 is 33.8 Å². The number of carbonyl (C=O) groups excluding carboxylic acids is 1. The molecule has 0 spiro atoms. The van der Waals surface area contributed by atoms with Crippen molar-refractivity contribution in [1.82, 2.24) is 9.78 Å². The van der Waals surface area contributed by atoms with Gasteiger partial charge in [0.25, 0.3) is 0 Å². The molecular weight excluding hydrogens is 231 g/mol. The lowest BCUT2D eigenvalue weighted by Crippen LogP contribution is -2.02. The zero-order valence-corrected chi connectivity index (χ0v) is 8.18. The summed E-state index contributed by atoms with van der Waals surface area (Å²) in [5.74, 6) is 0. The highest BCUT2D eigenvalue weighted by molar-refractivity contribution is 9.10. The molecule has 0 amide bonds. The average molecular weight is 237 g/mol. The predicted octanol–water partition coefficient (Wildman–Crippen LogP) is 1.81. The number of rotatable bonds is 2. The molecule has 0 radical (unpaired) electrons. The van der Waals surface area contributed by atoms with Gasteiger partial charge in [0.15, 0.2) is 0 Å². The molecule has 60 valence electrons. The topological polar surface area (TPSA) is 34.9 Å². The molecular formula is C6H6BrClN2O. The molecule has 0 saturated carbocycles. The third-order valence-corrected chi connectivity index (χ3v) is 2.58. The molecule has 0 aliphatic carbocycles. The van der Waals surface area contributed by atoms with Gasteiger partial charge in [-0.2, -0.15) is 5.10 Å². The molecule has 0 N–H and O–H groups in total. The fourth-order valence-electron chi connectivity index (χ4n) is 0.736. The van der Waals surface area contributed by atoms with E-state index in [0.717, 1.165) is 12.0 Å². The van der Waals surface area contributed by atoms with Gasteiger partial charge >= 0.3 is 0 Å². The number of aromatic nitrogens is 2. The van der Waals surface area contributed by atoms with Crippen molar-refractivity contribution in [2.75, 3.05) is 0 Å². The summed E-state index contributed by atoms with van der Waals surface area (Å²) in [5, 5.41) is 4.53. The minimum absolute atomic E-state index is 0.247. The Labute approximate surface area is 77.5 Å². The van der Waals surface area contributed by atoms with Crippen molar-refractivity contribution in [3.05, 3.63) is 15.3 Å². The summed E-state index contributed by atoms with van der Waals surface area (Å²) < 4.78 is 2.12. The molecule has 1 aromatic heterocycles. The van der Waals surface area contributed by atoms with Crippen molar-refractivity contribution in [2.45, 2.75) is 13.5 Å². The Morgan fingerprint density at radius 1 is 1.82 bits per heavy atom. The maximum atomic E-state index is 10.1. The fraction of sp³-hybridized carbons (Fsp3) is 0.333. The van der Waals surface area contributed by atoms with Gasteiger partial charge in [-0.1, -0.05) is 11.6 Å². The van der Waals surface area contributed by atoms with Crippen LogP contribution in [0.1, 0.15) is 5.69 Å². The maximum absolute atomic E-state index is 10.1. The summed E-state index contributed by atoms with van der Waals surface area (Å²) in [4.78, 5) is 10.1. The van der Waals surface area contributed by atoms with E-state index in [1.165, 1.54) is 0 Å². The SMILES string of the molecule is Cc1c(Cl)c(Br)nn1CC=O. The van der Waals surface area contributed by atoms with Gasteiger partial charge in [-0.15, -0.1) is 0 Å². The molecule has 0 fully saturated rings. The average Bonchev–Trinajstić information content (AvgIpc) is 2.19. The lowest BCUT2D eigenvalue weighted by molar-refractivity contribution is -0.108. The monoisotopic (exact) mass is 236 g/mol. The molecule has 0 bridgehead atoms. The van der Waals surface area contributed by atoms with Gasteiger partial charge in [-0.05, 0) is 22.9 Å². The number of hydrogen-bond donors (Lipinski definition) is 0. The predicted molar refractivity (Wildman–Crippen MR) is 45.7 cm³/mol. The van der Waals surface area contributed by atoms with E-state index in [-0.39, 0.29) is 6.54 Å². The van der Waals surface area contributed by atoms with Crippen LogP contribution < -0.4 is 0 Å². The van der Waals surface area contributed by atoms with Gasteiger partial charge < -0.3 is 4.79 Å². The molecule has 0 atom stereocenters. The first-order chi connectivity index (χ1) is 5.16. The van der Waals surface area contributed by atoms with Crippen LogP contribution in [0.2, 0.25) is 5.02 Å². The molecule has 0 aromatic carbocycles. The first-order valence-corrected chi connectivity index (χ1v) is 4.16. The molecule has 0 unspecified atom stereocenters. The van der Waals surface area contributed by atoms with E-state index < -0.39 is 0 Å². The summed E-state index contributed by atoms with van der Waals surface area (Å²) in [6, 6.07) is 0. The largest absolute Gasteiger partial charge is 0.301 e. The third-order valence-electron chi connectivity index (χ3n) is 1.34. The van der Waals surface area contributed by atoms with E-state index in [9.17, 15) is 4.79 Å². The van der Waals surface area contributed by atoms with Crippen LogP contribution in [-0.4, -0.2) is 16.1 Å². The van der Waals surface area contributed by atoms with Gasteiger partial charge in [0.1, 0.15) is 10.9 Å². The summed E-state index contributed by atoms with van der Waals surface area (Å²) in [5.41, 5.74) is 0.797. The van der Waals surface area contributed by atoms with Crippen molar-refractivity contribution in [3.8, 4) is 0 Å². The van der Waals surface area contributed by atoms with E-state index in [1.54, 1.807) is 4.68 Å². The Hall–Kier alpha value is -0.350. The lowest BCUT2D eigenvalue weighted by Gasteiger charge is -1.95. The van der Waals surface area contributed by atoms with Crippen LogP contribution in [0.25, 0.3) is 0 Å². The summed E-state index contributed by atoms with van der Waals surface area (Å²) in [7, 11) is 0. The minimum Gasteiger partial charge on any atom is -0.301 e. The Balaban J connectivity index is 3.07. The maximum Gasteiger partial charge on any atom is 0.147 e. The van der Waals surface area contributed by atoms with E-state index in [4.69, 9.17) is 11.6 Å². The lowest BCUT2D eigenvalue weighted by atomic mass is 10.5. The molecule has 1 aromatic rings. The highest BCUT2D eigenvalue weighted by atomic mass is 79.9. The van der Waals surface area contributed by atoms with Crippen LogP contribution in [0.4, 0.5) is 0 Å². The highest BCUT2D eigenvalue weighted by Crippen LogP contribution is 2.24. The van der Waals surface area contributed by atoms with Crippen LogP contribution in [0, 0.1) is 6.92 Å². The van der Waals surface area contributed by atoms with E-state index in [0.29, 0.717) is 9.63 Å². The van der Waals surface area contributed by atoms with Crippen LogP contribution in [0.3, 0.4) is 0 Å². The Morgan fingerprint density at radius 2 is 2.45 bits per heavy atom. The minimum atomic E-state index is 0.247. The molecule has 0 aliphatic rings. The van der Waals surface area contributed by atoms with Gasteiger partial charge in [-0.25, -0.2) is 0 Å². The van der Waals surface area contributed by atoms with Crippen LogP contribution in [-0.2, 0) is 11.3 Å². The second-order valence-electron chi connectivity index (χ2n) is 2.04. The molecule has 0 aliphatic heterocycles.